The summed E-state index contributed by atoms with van der Waals surface area (Å²) in [7, 11) is 0. The van der Waals surface area contributed by atoms with Gasteiger partial charge in [-0.3, -0.25) is 0 Å². The van der Waals surface area contributed by atoms with Crippen LogP contribution in [0, 0.1) is 0 Å². The first-order chi connectivity index (χ1) is 5.22. The van der Waals surface area contributed by atoms with Gasteiger partial charge in [0.1, 0.15) is 0 Å². The molecule has 0 radical (unpaired) electrons. The van der Waals surface area contributed by atoms with Gasteiger partial charge in [-0.25, -0.2) is 0 Å². The first-order valence-electron chi connectivity index (χ1n) is 3.70. The summed E-state index contributed by atoms with van der Waals surface area (Å²) in [4.78, 5) is 0. The second kappa shape index (κ2) is 3.79. The minimum Gasteiger partial charge on any atom is -0.327 e. The summed E-state index contributed by atoms with van der Waals surface area (Å²) in [5.41, 5.74) is 6.88. The van der Waals surface area contributed by atoms with E-state index in [2.05, 4.69) is 12.6 Å². The van der Waals surface area contributed by atoms with Gasteiger partial charge in [0.2, 0.25) is 0 Å². The van der Waals surface area contributed by atoms with Gasteiger partial charge in [-0.05, 0) is 12.5 Å². The van der Waals surface area contributed by atoms with Crippen molar-refractivity contribution in [2.75, 3.05) is 0 Å². The van der Waals surface area contributed by atoms with Gasteiger partial charge in [-0.1, -0.05) is 30.3 Å². The third kappa shape index (κ3) is 2.24. The standard InChI is InChI=1S/C9H13NS/c1-7(10)9(11)8-5-3-2-4-6-8/h2-7,9,11H,10H2,1H3/t7-,9-/m1/s1. The molecule has 0 spiro atoms. The predicted molar refractivity (Wildman–Crippen MR) is 51.8 cm³/mol. The lowest BCUT2D eigenvalue weighted by molar-refractivity contribution is 0.725. The molecule has 1 rings (SSSR count). The van der Waals surface area contributed by atoms with Crippen LogP contribution < -0.4 is 5.73 Å². The Labute approximate surface area is 73.0 Å². The molecule has 2 N–H and O–H groups in total. The maximum absolute atomic E-state index is 5.69. The highest BCUT2D eigenvalue weighted by Gasteiger charge is 2.09. The molecule has 2 atom stereocenters. The molecule has 1 nitrogen and oxygen atoms in total. The second-order valence-electron chi connectivity index (χ2n) is 2.71. The minimum absolute atomic E-state index is 0.0979. The van der Waals surface area contributed by atoms with E-state index >= 15 is 0 Å². The molecule has 0 saturated carbocycles. The van der Waals surface area contributed by atoms with E-state index in [1.165, 1.54) is 5.56 Å². The minimum atomic E-state index is 0.0979. The number of hydrogen-bond acceptors (Lipinski definition) is 2. The van der Waals surface area contributed by atoms with E-state index in [0.29, 0.717) is 0 Å². The molecule has 0 heterocycles. The van der Waals surface area contributed by atoms with Crippen molar-refractivity contribution in [3.05, 3.63) is 35.9 Å². The third-order valence-corrected chi connectivity index (χ3v) is 2.41. The van der Waals surface area contributed by atoms with Crippen molar-refractivity contribution >= 4 is 12.6 Å². The zero-order chi connectivity index (χ0) is 8.27. The summed E-state index contributed by atoms with van der Waals surface area (Å²) in [6, 6.07) is 10.2. The molecule has 11 heavy (non-hydrogen) atoms. The lowest BCUT2D eigenvalue weighted by Gasteiger charge is -2.14. The van der Waals surface area contributed by atoms with E-state index in [1.807, 2.05) is 37.3 Å². The van der Waals surface area contributed by atoms with E-state index in [-0.39, 0.29) is 11.3 Å². The Kier molecular flexibility index (Phi) is 2.97. The number of rotatable bonds is 2. The zero-order valence-electron chi connectivity index (χ0n) is 6.57. The van der Waals surface area contributed by atoms with Gasteiger partial charge in [0.15, 0.2) is 0 Å². The normalized spacial score (nSPS) is 15.9. The number of nitrogens with two attached hydrogens (primary N) is 1. The van der Waals surface area contributed by atoms with E-state index < -0.39 is 0 Å². The van der Waals surface area contributed by atoms with Gasteiger partial charge in [0, 0.05) is 11.3 Å². The highest BCUT2D eigenvalue weighted by atomic mass is 32.1. The molecule has 0 unspecified atom stereocenters. The Morgan fingerprint density at radius 3 is 2.27 bits per heavy atom. The molecule has 2 heteroatoms. The molecule has 0 bridgehead atoms. The zero-order valence-corrected chi connectivity index (χ0v) is 7.46. The van der Waals surface area contributed by atoms with E-state index in [0.717, 1.165) is 0 Å². The highest BCUT2D eigenvalue weighted by Crippen LogP contribution is 2.21. The molecule has 1 aromatic rings. The van der Waals surface area contributed by atoms with Crippen molar-refractivity contribution in [1.82, 2.24) is 0 Å². The third-order valence-electron chi connectivity index (χ3n) is 1.64. The fourth-order valence-corrected chi connectivity index (χ4v) is 1.13. The molecule has 0 aliphatic rings. The van der Waals surface area contributed by atoms with Gasteiger partial charge >= 0.3 is 0 Å². The molecule has 1 aromatic carbocycles. The Balaban J connectivity index is 2.77. The predicted octanol–water partition coefficient (Wildman–Crippen LogP) is 2.00. The van der Waals surface area contributed by atoms with Crippen molar-refractivity contribution in [1.29, 1.82) is 0 Å². The van der Waals surface area contributed by atoms with Crippen LogP contribution in [0.5, 0.6) is 0 Å². The maximum atomic E-state index is 5.69. The highest BCUT2D eigenvalue weighted by molar-refractivity contribution is 7.80. The number of hydrogen-bond donors (Lipinski definition) is 2. The molecular weight excluding hydrogens is 154 g/mol. The first-order valence-corrected chi connectivity index (χ1v) is 4.22. The largest absolute Gasteiger partial charge is 0.327 e. The van der Waals surface area contributed by atoms with Gasteiger partial charge in [-0.2, -0.15) is 12.6 Å². The average molecular weight is 167 g/mol. The van der Waals surface area contributed by atoms with Crippen molar-refractivity contribution in [2.24, 2.45) is 5.73 Å². The maximum Gasteiger partial charge on any atom is 0.0415 e. The summed E-state index contributed by atoms with van der Waals surface area (Å²) < 4.78 is 0. The Hall–Kier alpha value is -0.470. The van der Waals surface area contributed by atoms with Crippen molar-refractivity contribution in [3.63, 3.8) is 0 Å². The number of benzene rings is 1. The quantitative estimate of drug-likeness (QED) is 0.647. The van der Waals surface area contributed by atoms with Crippen LogP contribution in [0.25, 0.3) is 0 Å². The van der Waals surface area contributed by atoms with Crippen LogP contribution in [-0.2, 0) is 0 Å². The lowest BCUT2D eigenvalue weighted by Crippen LogP contribution is -2.20. The van der Waals surface area contributed by atoms with Crippen LogP contribution in [0.1, 0.15) is 17.7 Å². The molecule has 0 aromatic heterocycles. The molecule has 0 aliphatic heterocycles. The number of thiol groups is 1. The molecule has 0 saturated heterocycles. The summed E-state index contributed by atoms with van der Waals surface area (Å²) in [6.07, 6.45) is 0. The smallest absolute Gasteiger partial charge is 0.0415 e. The van der Waals surface area contributed by atoms with Crippen molar-refractivity contribution in [3.8, 4) is 0 Å². The van der Waals surface area contributed by atoms with E-state index in [4.69, 9.17) is 5.73 Å². The van der Waals surface area contributed by atoms with E-state index in [1.54, 1.807) is 0 Å². The Morgan fingerprint density at radius 2 is 1.82 bits per heavy atom. The van der Waals surface area contributed by atoms with Crippen molar-refractivity contribution in [2.45, 2.75) is 18.2 Å². The van der Waals surface area contributed by atoms with Gasteiger partial charge < -0.3 is 5.73 Å². The molecule has 0 amide bonds. The Bertz CT molecular complexity index is 208. The fourth-order valence-electron chi connectivity index (χ4n) is 0.954. The summed E-state index contributed by atoms with van der Waals surface area (Å²) in [5.74, 6) is 0. The lowest BCUT2D eigenvalue weighted by atomic mass is 10.1. The molecule has 0 fully saturated rings. The van der Waals surface area contributed by atoms with E-state index in [9.17, 15) is 0 Å². The summed E-state index contributed by atoms with van der Waals surface area (Å²) >= 11 is 4.39. The van der Waals surface area contributed by atoms with Crippen LogP contribution in [0.4, 0.5) is 0 Å². The SMILES string of the molecule is C[C@@H](N)[C@@H](S)c1ccccc1. The molecular formula is C9H13NS. The second-order valence-corrected chi connectivity index (χ2v) is 3.27. The van der Waals surface area contributed by atoms with Crippen molar-refractivity contribution < 1.29 is 0 Å². The summed E-state index contributed by atoms with van der Waals surface area (Å²) in [5, 5.41) is 0.149. The van der Waals surface area contributed by atoms with Gasteiger partial charge in [0.05, 0.1) is 0 Å². The van der Waals surface area contributed by atoms with Crippen LogP contribution in [0.3, 0.4) is 0 Å². The summed E-state index contributed by atoms with van der Waals surface area (Å²) in [6.45, 7) is 1.96. The van der Waals surface area contributed by atoms with Crippen LogP contribution >= 0.6 is 12.6 Å². The van der Waals surface area contributed by atoms with Crippen LogP contribution in [0.2, 0.25) is 0 Å². The van der Waals surface area contributed by atoms with Gasteiger partial charge in [0.25, 0.3) is 0 Å². The van der Waals surface area contributed by atoms with Crippen LogP contribution in [-0.4, -0.2) is 6.04 Å². The average Bonchev–Trinajstić information content (AvgIpc) is 2.05. The Morgan fingerprint density at radius 1 is 1.27 bits per heavy atom. The fraction of sp³-hybridized carbons (Fsp3) is 0.333. The molecule has 60 valence electrons. The first kappa shape index (κ1) is 8.62. The molecule has 0 aliphatic carbocycles. The van der Waals surface area contributed by atoms with Crippen LogP contribution in [0.15, 0.2) is 30.3 Å². The van der Waals surface area contributed by atoms with Gasteiger partial charge in [-0.15, -0.1) is 0 Å². The topological polar surface area (TPSA) is 26.0 Å². The monoisotopic (exact) mass is 167 g/mol.